The molecule has 0 radical (unpaired) electrons. The van der Waals surface area contributed by atoms with E-state index in [4.69, 9.17) is 4.42 Å². The van der Waals surface area contributed by atoms with Gasteiger partial charge in [0.2, 0.25) is 0 Å². The van der Waals surface area contributed by atoms with Gasteiger partial charge < -0.3 is 4.42 Å². The van der Waals surface area contributed by atoms with Crippen LogP contribution in [-0.4, -0.2) is 4.92 Å². The second kappa shape index (κ2) is 2.74. The lowest BCUT2D eigenvalue weighted by Gasteiger charge is -1.79. The molecule has 0 saturated carbocycles. The minimum atomic E-state index is -0.504. The van der Waals surface area contributed by atoms with Crippen molar-refractivity contribution in [1.29, 1.82) is 0 Å². The molecule has 0 saturated heterocycles. The largest absolute Gasteiger partial charge is 0.461 e. The molecule has 0 fully saturated rings. The van der Waals surface area contributed by atoms with E-state index in [0.29, 0.717) is 11.5 Å². The molecule has 0 amide bonds. The summed E-state index contributed by atoms with van der Waals surface area (Å²) >= 11 is 3.88. The Labute approximate surface area is 62.4 Å². The molecule has 0 atom stereocenters. The molecule has 5 heteroatoms. The molecular weight excluding hydrogens is 154 g/mol. The minimum Gasteiger partial charge on any atom is -0.461 e. The number of furan rings is 1. The van der Waals surface area contributed by atoms with E-state index in [0.717, 1.165) is 6.26 Å². The molecule has 0 aliphatic carbocycles. The van der Waals surface area contributed by atoms with Gasteiger partial charge in [-0.05, 0) is 0 Å². The summed E-state index contributed by atoms with van der Waals surface area (Å²) in [5.41, 5.74) is -0.0240. The first-order chi connectivity index (χ1) is 4.74. The van der Waals surface area contributed by atoms with E-state index in [1.54, 1.807) is 0 Å². The Kier molecular flexibility index (Phi) is 1.96. The van der Waals surface area contributed by atoms with E-state index < -0.39 is 4.92 Å². The molecule has 0 aliphatic heterocycles. The summed E-state index contributed by atoms with van der Waals surface area (Å²) in [4.78, 5) is 9.55. The average Bonchev–Trinajstić information content (AvgIpc) is 2.34. The van der Waals surface area contributed by atoms with Crippen molar-refractivity contribution in [3.63, 3.8) is 0 Å². The molecule has 4 nitrogen and oxygen atoms in total. The number of nitro groups is 1. The Morgan fingerprint density at radius 3 is 2.80 bits per heavy atom. The maximum Gasteiger partial charge on any atom is 0.307 e. The van der Waals surface area contributed by atoms with Crippen molar-refractivity contribution in [2.75, 3.05) is 0 Å². The quantitative estimate of drug-likeness (QED) is 0.405. The molecule has 0 unspecified atom stereocenters. The summed E-state index contributed by atoms with van der Waals surface area (Å²) in [6.07, 6.45) is 1.10. The van der Waals surface area contributed by atoms with Gasteiger partial charge in [0.15, 0.2) is 6.26 Å². The fraction of sp³-hybridized carbons (Fsp3) is 0.200. The molecule has 1 aromatic rings. The Hall–Kier alpha value is -0.970. The molecular formula is C5H5NO3S. The van der Waals surface area contributed by atoms with Gasteiger partial charge in [0.05, 0.1) is 11.0 Å². The Morgan fingerprint density at radius 2 is 2.50 bits per heavy atom. The zero-order valence-corrected chi connectivity index (χ0v) is 5.88. The molecule has 1 rings (SSSR count). The summed E-state index contributed by atoms with van der Waals surface area (Å²) in [6.45, 7) is 0. The normalized spacial score (nSPS) is 9.70. The number of rotatable bonds is 2. The smallest absolute Gasteiger partial charge is 0.307 e. The van der Waals surface area contributed by atoms with Crippen LogP contribution in [-0.2, 0) is 5.75 Å². The molecule has 10 heavy (non-hydrogen) atoms. The first kappa shape index (κ1) is 7.14. The highest BCUT2D eigenvalue weighted by molar-refractivity contribution is 7.79. The molecule has 0 aromatic carbocycles. The predicted molar refractivity (Wildman–Crippen MR) is 38.1 cm³/mol. The SMILES string of the molecule is O=[N+]([O-])c1coc(CS)c1. The van der Waals surface area contributed by atoms with Crippen LogP contribution in [0.3, 0.4) is 0 Å². The highest BCUT2D eigenvalue weighted by atomic mass is 32.1. The van der Waals surface area contributed by atoms with Crippen LogP contribution in [0, 0.1) is 10.1 Å². The van der Waals surface area contributed by atoms with Crippen molar-refractivity contribution in [3.8, 4) is 0 Å². The predicted octanol–water partition coefficient (Wildman–Crippen LogP) is 1.62. The van der Waals surface area contributed by atoms with Crippen molar-refractivity contribution in [2.24, 2.45) is 0 Å². The van der Waals surface area contributed by atoms with Crippen LogP contribution >= 0.6 is 12.6 Å². The van der Waals surface area contributed by atoms with E-state index in [1.807, 2.05) is 0 Å². The van der Waals surface area contributed by atoms with Crippen molar-refractivity contribution in [2.45, 2.75) is 5.75 Å². The van der Waals surface area contributed by atoms with Crippen molar-refractivity contribution in [1.82, 2.24) is 0 Å². The van der Waals surface area contributed by atoms with Gasteiger partial charge in [-0.15, -0.1) is 0 Å². The van der Waals surface area contributed by atoms with E-state index in [9.17, 15) is 10.1 Å². The highest BCUT2D eigenvalue weighted by Gasteiger charge is 2.08. The summed E-state index contributed by atoms with van der Waals surface area (Å²) < 4.78 is 4.76. The number of hydrogen-bond donors (Lipinski definition) is 1. The van der Waals surface area contributed by atoms with E-state index in [2.05, 4.69) is 12.6 Å². The van der Waals surface area contributed by atoms with Gasteiger partial charge in [-0.25, -0.2) is 0 Å². The second-order valence-electron chi connectivity index (χ2n) is 1.69. The number of thiol groups is 1. The molecule has 0 bridgehead atoms. The molecule has 0 spiro atoms. The Balaban J connectivity index is 2.88. The number of hydrogen-bond acceptors (Lipinski definition) is 4. The van der Waals surface area contributed by atoms with Gasteiger partial charge >= 0.3 is 5.69 Å². The van der Waals surface area contributed by atoms with Crippen LogP contribution in [0.15, 0.2) is 16.7 Å². The van der Waals surface area contributed by atoms with E-state index in [1.165, 1.54) is 6.07 Å². The zero-order valence-electron chi connectivity index (χ0n) is 4.98. The minimum absolute atomic E-state index is 0.0240. The maximum atomic E-state index is 10.1. The molecule has 0 N–H and O–H groups in total. The first-order valence-corrected chi connectivity index (χ1v) is 3.20. The van der Waals surface area contributed by atoms with Gasteiger partial charge in [-0.1, -0.05) is 0 Å². The standard InChI is InChI=1S/C5H5NO3S/c7-6(8)4-1-5(3-10)9-2-4/h1-2,10H,3H2. The maximum absolute atomic E-state index is 10.1. The summed E-state index contributed by atoms with van der Waals surface area (Å²) in [5, 5.41) is 10.1. The molecule has 1 aromatic heterocycles. The van der Waals surface area contributed by atoms with Crippen LogP contribution < -0.4 is 0 Å². The van der Waals surface area contributed by atoms with E-state index >= 15 is 0 Å². The third-order valence-corrected chi connectivity index (χ3v) is 1.32. The highest BCUT2D eigenvalue weighted by Crippen LogP contribution is 2.16. The van der Waals surface area contributed by atoms with Crippen LogP contribution in [0.2, 0.25) is 0 Å². The average molecular weight is 159 g/mol. The van der Waals surface area contributed by atoms with Crippen LogP contribution in [0.4, 0.5) is 5.69 Å². The fourth-order valence-electron chi connectivity index (χ4n) is 0.548. The van der Waals surface area contributed by atoms with Crippen molar-refractivity contribution < 1.29 is 9.34 Å². The van der Waals surface area contributed by atoms with E-state index in [-0.39, 0.29) is 5.69 Å². The Bertz CT molecular complexity index is 245. The molecule has 0 aliphatic rings. The monoisotopic (exact) mass is 159 g/mol. The molecule has 54 valence electrons. The van der Waals surface area contributed by atoms with Crippen LogP contribution in [0.5, 0.6) is 0 Å². The summed E-state index contributed by atoms with van der Waals surface area (Å²) in [6, 6.07) is 1.35. The van der Waals surface area contributed by atoms with Gasteiger partial charge in [0.1, 0.15) is 5.76 Å². The molecule has 1 heterocycles. The fourth-order valence-corrected chi connectivity index (χ4v) is 0.714. The summed E-state index contributed by atoms with van der Waals surface area (Å²) in [7, 11) is 0. The van der Waals surface area contributed by atoms with Crippen molar-refractivity contribution in [3.05, 3.63) is 28.2 Å². The second-order valence-corrected chi connectivity index (χ2v) is 2.00. The zero-order chi connectivity index (χ0) is 7.56. The van der Waals surface area contributed by atoms with Crippen LogP contribution in [0.25, 0.3) is 0 Å². The van der Waals surface area contributed by atoms with Gasteiger partial charge in [-0.3, -0.25) is 10.1 Å². The first-order valence-electron chi connectivity index (χ1n) is 2.56. The Morgan fingerprint density at radius 1 is 1.80 bits per heavy atom. The third kappa shape index (κ3) is 1.30. The number of nitrogens with zero attached hydrogens (tertiary/aromatic N) is 1. The topological polar surface area (TPSA) is 56.3 Å². The summed E-state index contributed by atoms with van der Waals surface area (Å²) in [5.74, 6) is 0.892. The van der Waals surface area contributed by atoms with Gasteiger partial charge in [0, 0.05) is 5.75 Å². The third-order valence-electron chi connectivity index (χ3n) is 1.01. The lowest BCUT2D eigenvalue weighted by molar-refractivity contribution is -0.385. The van der Waals surface area contributed by atoms with Gasteiger partial charge in [-0.2, -0.15) is 12.6 Å². The van der Waals surface area contributed by atoms with Crippen LogP contribution in [0.1, 0.15) is 5.76 Å². The lowest BCUT2D eigenvalue weighted by atomic mass is 10.4. The van der Waals surface area contributed by atoms with Crippen molar-refractivity contribution >= 4 is 18.3 Å². The van der Waals surface area contributed by atoms with Gasteiger partial charge in [0.25, 0.3) is 0 Å². The lowest BCUT2D eigenvalue weighted by Crippen LogP contribution is -1.82.